The van der Waals surface area contributed by atoms with E-state index in [0.29, 0.717) is 12.5 Å². The number of nitrogens with two attached hydrogens (primary N) is 1. The summed E-state index contributed by atoms with van der Waals surface area (Å²) in [4.78, 5) is 13.6. The van der Waals surface area contributed by atoms with Gasteiger partial charge in [-0.3, -0.25) is 4.79 Å². The van der Waals surface area contributed by atoms with Crippen LogP contribution in [0, 0.1) is 0 Å². The Balaban J connectivity index is 2.06. The Morgan fingerprint density at radius 1 is 1.30 bits per heavy atom. The number of anilines is 1. The molecule has 0 fully saturated rings. The van der Waals surface area contributed by atoms with Crippen LogP contribution in [0.1, 0.15) is 41.4 Å². The zero-order valence-corrected chi connectivity index (χ0v) is 11.8. The van der Waals surface area contributed by atoms with E-state index in [1.54, 1.807) is 7.05 Å². The molecule has 1 aromatic carbocycles. The van der Waals surface area contributed by atoms with Crippen LogP contribution >= 0.6 is 0 Å². The zero-order chi connectivity index (χ0) is 14.7. The lowest BCUT2D eigenvalue weighted by molar-refractivity contribution is 0.0774. The number of carbonyl (C=O) groups excluding carboxylic acids is 1. The van der Waals surface area contributed by atoms with Gasteiger partial charge in [-0.15, -0.1) is 0 Å². The Hall–Kier alpha value is -2.37. The number of amides is 1. The minimum absolute atomic E-state index is 0.0111. The molecule has 0 aliphatic heterocycles. The number of aromatic nitrogens is 2. The molecule has 0 saturated heterocycles. The van der Waals surface area contributed by atoms with Crippen LogP contribution in [0.5, 0.6) is 0 Å². The normalized spacial score (nSPS) is 10.8. The number of nitrogen functional groups attached to an aromatic ring is 1. The molecule has 2 aromatic rings. The summed E-state index contributed by atoms with van der Waals surface area (Å²) < 4.78 is 4.44. The third-order valence-electron chi connectivity index (χ3n) is 3.13. The third kappa shape index (κ3) is 2.96. The molecule has 2 N–H and O–H groups in total. The van der Waals surface area contributed by atoms with Crippen molar-refractivity contribution < 1.29 is 9.42 Å². The average molecular weight is 274 g/mol. The summed E-state index contributed by atoms with van der Waals surface area (Å²) in [5.41, 5.74) is 7.87. The first-order chi connectivity index (χ1) is 9.49. The lowest BCUT2D eigenvalue weighted by Crippen LogP contribution is -2.27. The Morgan fingerprint density at radius 3 is 2.45 bits per heavy atom. The zero-order valence-electron chi connectivity index (χ0n) is 11.8. The van der Waals surface area contributed by atoms with Crippen molar-refractivity contribution in [2.45, 2.75) is 26.3 Å². The van der Waals surface area contributed by atoms with Crippen molar-refractivity contribution in [2.75, 3.05) is 12.8 Å². The van der Waals surface area contributed by atoms with E-state index >= 15 is 0 Å². The van der Waals surface area contributed by atoms with Crippen molar-refractivity contribution in [1.82, 2.24) is 15.2 Å². The second kappa shape index (κ2) is 5.73. The predicted molar refractivity (Wildman–Crippen MR) is 75.0 cm³/mol. The highest BCUT2D eigenvalue weighted by molar-refractivity contribution is 5.95. The number of hydrogen-bond acceptors (Lipinski definition) is 5. The van der Waals surface area contributed by atoms with Crippen LogP contribution in [0.2, 0.25) is 0 Å². The molecular weight excluding hydrogens is 256 g/mol. The Labute approximate surface area is 117 Å². The summed E-state index contributed by atoms with van der Waals surface area (Å²) in [7, 11) is 1.69. The summed E-state index contributed by atoms with van der Waals surface area (Å²) in [6.45, 7) is 4.76. The van der Waals surface area contributed by atoms with Crippen molar-refractivity contribution in [1.29, 1.82) is 0 Å². The first-order valence-electron chi connectivity index (χ1n) is 6.41. The molecular formula is C14H18N4O2. The molecule has 1 amide bonds. The first kappa shape index (κ1) is 14.0. The van der Waals surface area contributed by atoms with Gasteiger partial charge in [0.25, 0.3) is 5.91 Å². The second-order valence-electron chi connectivity index (χ2n) is 5.06. The van der Waals surface area contributed by atoms with E-state index in [4.69, 9.17) is 5.73 Å². The number of benzene rings is 1. The molecule has 1 aromatic heterocycles. The molecule has 6 heteroatoms. The number of carbonyl (C=O) groups is 1. The van der Waals surface area contributed by atoms with Crippen LogP contribution in [-0.4, -0.2) is 28.2 Å². The summed E-state index contributed by atoms with van der Waals surface area (Å²) in [6, 6.07) is 8.18. The highest BCUT2D eigenvalue weighted by atomic mass is 16.6. The van der Waals surface area contributed by atoms with Gasteiger partial charge in [-0.1, -0.05) is 38.1 Å². The molecule has 20 heavy (non-hydrogen) atoms. The quantitative estimate of drug-likeness (QED) is 0.922. The van der Waals surface area contributed by atoms with Crippen LogP contribution in [0.4, 0.5) is 5.82 Å². The monoisotopic (exact) mass is 274 g/mol. The minimum Gasteiger partial charge on any atom is -0.379 e. The maximum absolute atomic E-state index is 12.1. The Bertz CT molecular complexity index is 589. The molecule has 0 radical (unpaired) electrons. The van der Waals surface area contributed by atoms with E-state index in [1.807, 2.05) is 12.1 Å². The largest absolute Gasteiger partial charge is 0.379 e. The molecule has 106 valence electrons. The molecule has 0 aliphatic carbocycles. The van der Waals surface area contributed by atoms with E-state index in [2.05, 4.69) is 40.9 Å². The van der Waals surface area contributed by atoms with Gasteiger partial charge in [0.1, 0.15) is 0 Å². The number of hydrogen-bond donors (Lipinski definition) is 1. The van der Waals surface area contributed by atoms with Crippen LogP contribution < -0.4 is 5.73 Å². The summed E-state index contributed by atoms with van der Waals surface area (Å²) in [5.74, 6) is 0.193. The van der Waals surface area contributed by atoms with Gasteiger partial charge in [0, 0.05) is 13.6 Å². The van der Waals surface area contributed by atoms with E-state index in [-0.39, 0.29) is 17.4 Å². The van der Waals surface area contributed by atoms with Crippen molar-refractivity contribution in [2.24, 2.45) is 0 Å². The van der Waals surface area contributed by atoms with Crippen LogP contribution in [0.15, 0.2) is 28.9 Å². The maximum atomic E-state index is 12.1. The van der Waals surface area contributed by atoms with E-state index in [0.717, 1.165) is 5.56 Å². The standard InChI is InChI=1S/C14H18N4O2/c1-9(2)11-6-4-10(5-7-11)8-18(3)14(19)12-13(15)17-20-16-12/h4-7,9H,8H2,1-3H3,(H2,15,17). The summed E-state index contributed by atoms with van der Waals surface area (Å²) in [6.07, 6.45) is 0. The lowest BCUT2D eigenvalue weighted by Gasteiger charge is -2.16. The highest BCUT2D eigenvalue weighted by Crippen LogP contribution is 2.16. The highest BCUT2D eigenvalue weighted by Gasteiger charge is 2.20. The Morgan fingerprint density at radius 2 is 1.95 bits per heavy atom. The van der Waals surface area contributed by atoms with Crippen LogP contribution in [0.25, 0.3) is 0 Å². The fourth-order valence-electron chi connectivity index (χ4n) is 1.88. The third-order valence-corrected chi connectivity index (χ3v) is 3.13. The smallest absolute Gasteiger partial charge is 0.280 e. The van der Waals surface area contributed by atoms with Gasteiger partial charge in [0.2, 0.25) is 11.5 Å². The van der Waals surface area contributed by atoms with Gasteiger partial charge in [0.05, 0.1) is 0 Å². The van der Waals surface area contributed by atoms with Gasteiger partial charge < -0.3 is 10.6 Å². The van der Waals surface area contributed by atoms with Crippen molar-refractivity contribution in [3.63, 3.8) is 0 Å². The maximum Gasteiger partial charge on any atom is 0.280 e. The lowest BCUT2D eigenvalue weighted by atomic mass is 10.0. The molecule has 2 rings (SSSR count). The second-order valence-corrected chi connectivity index (χ2v) is 5.06. The Kier molecular flexibility index (Phi) is 4.02. The molecule has 0 saturated carbocycles. The van der Waals surface area contributed by atoms with Gasteiger partial charge in [0.15, 0.2) is 0 Å². The predicted octanol–water partition coefficient (Wildman–Crippen LogP) is 2.05. The van der Waals surface area contributed by atoms with Crippen LogP contribution in [0.3, 0.4) is 0 Å². The summed E-state index contributed by atoms with van der Waals surface area (Å²) >= 11 is 0. The van der Waals surface area contributed by atoms with E-state index in [9.17, 15) is 4.79 Å². The molecule has 0 spiro atoms. The van der Waals surface area contributed by atoms with Crippen molar-refractivity contribution in [3.8, 4) is 0 Å². The molecule has 0 aliphatic rings. The number of rotatable bonds is 4. The average Bonchev–Trinajstić information content (AvgIpc) is 2.84. The number of nitrogens with zero attached hydrogens (tertiary/aromatic N) is 3. The molecule has 0 atom stereocenters. The molecule has 6 nitrogen and oxygen atoms in total. The van der Waals surface area contributed by atoms with Gasteiger partial charge in [-0.05, 0) is 27.4 Å². The van der Waals surface area contributed by atoms with Crippen molar-refractivity contribution >= 4 is 11.7 Å². The van der Waals surface area contributed by atoms with Gasteiger partial charge in [-0.2, -0.15) is 0 Å². The van der Waals surface area contributed by atoms with Gasteiger partial charge >= 0.3 is 0 Å². The fourth-order valence-corrected chi connectivity index (χ4v) is 1.88. The van der Waals surface area contributed by atoms with E-state index < -0.39 is 0 Å². The molecule has 0 bridgehead atoms. The topological polar surface area (TPSA) is 85.2 Å². The van der Waals surface area contributed by atoms with Gasteiger partial charge in [-0.25, -0.2) is 4.63 Å². The van der Waals surface area contributed by atoms with E-state index in [1.165, 1.54) is 10.5 Å². The fraction of sp³-hybridized carbons (Fsp3) is 0.357. The minimum atomic E-state index is -0.309. The SMILES string of the molecule is CC(C)c1ccc(CN(C)C(=O)c2nonc2N)cc1. The molecule has 0 unspecified atom stereocenters. The van der Waals surface area contributed by atoms with Crippen molar-refractivity contribution in [3.05, 3.63) is 41.1 Å². The summed E-state index contributed by atoms with van der Waals surface area (Å²) in [5, 5.41) is 6.92. The van der Waals surface area contributed by atoms with Crippen LogP contribution in [-0.2, 0) is 6.54 Å². The first-order valence-corrected chi connectivity index (χ1v) is 6.41. The molecule has 1 heterocycles.